The fraction of sp³-hybridized carbons (Fsp3) is 0.417. The van der Waals surface area contributed by atoms with E-state index in [-0.39, 0.29) is 5.91 Å². The van der Waals surface area contributed by atoms with E-state index >= 15 is 0 Å². The van der Waals surface area contributed by atoms with E-state index in [2.05, 4.69) is 10.0 Å². The number of amides is 1. The third-order valence-corrected chi connectivity index (χ3v) is 4.14. The molecule has 0 saturated carbocycles. The molecule has 1 aromatic carbocycles. The first kappa shape index (κ1) is 15.3. The van der Waals surface area contributed by atoms with Crippen LogP contribution in [-0.2, 0) is 14.8 Å². The monoisotopic (exact) mass is 286 g/mol. The second-order valence-corrected chi connectivity index (χ2v) is 6.53. The number of nitrogens with one attached hydrogen (secondary N) is 2. The zero-order valence-electron chi connectivity index (χ0n) is 11.4. The van der Waals surface area contributed by atoms with Gasteiger partial charge in [-0.15, -0.1) is 0 Å². The average molecular weight is 286 g/mol. The van der Waals surface area contributed by atoms with Crippen molar-refractivity contribution in [1.29, 1.82) is 0 Å². The van der Waals surface area contributed by atoms with Gasteiger partial charge in [-0.3, -0.25) is 9.52 Å². The summed E-state index contributed by atoms with van der Waals surface area (Å²) in [6.45, 7) is 4.53. The molecule has 106 valence electrons. The molecule has 6 nitrogen and oxygen atoms in total. The molecule has 0 saturated heterocycles. The molecule has 0 fully saturated rings. The van der Waals surface area contributed by atoms with Gasteiger partial charge in [-0.05, 0) is 32.0 Å². The minimum Gasteiger partial charge on any atom is -0.495 e. The largest absolute Gasteiger partial charge is 0.495 e. The van der Waals surface area contributed by atoms with E-state index in [0.717, 1.165) is 0 Å². The molecule has 0 bridgehead atoms. The number of sulfonamides is 1. The van der Waals surface area contributed by atoms with Crippen LogP contribution in [0.1, 0.15) is 20.8 Å². The number of benzene rings is 1. The number of carbonyl (C=O) groups excluding carboxylic acids is 1. The maximum atomic E-state index is 11.8. The Morgan fingerprint density at radius 3 is 2.42 bits per heavy atom. The minimum atomic E-state index is -3.47. The molecule has 0 aliphatic carbocycles. The molecule has 1 aromatic rings. The van der Waals surface area contributed by atoms with Crippen molar-refractivity contribution in [2.75, 3.05) is 17.1 Å². The minimum absolute atomic E-state index is 0.233. The van der Waals surface area contributed by atoms with Crippen molar-refractivity contribution in [3.63, 3.8) is 0 Å². The van der Waals surface area contributed by atoms with E-state index in [0.29, 0.717) is 17.1 Å². The molecule has 0 aliphatic heterocycles. The van der Waals surface area contributed by atoms with Crippen molar-refractivity contribution in [1.82, 2.24) is 0 Å². The Kier molecular flexibility index (Phi) is 4.77. The molecule has 0 radical (unpaired) electrons. The lowest BCUT2D eigenvalue weighted by Gasteiger charge is -2.15. The molecule has 0 heterocycles. The van der Waals surface area contributed by atoms with Crippen molar-refractivity contribution >= 4 is 27.3 Å². The van der Waals surface area contributed by atoms with Crippen LogP contribution >= 0.6 is 0 Å². The van der Waals surface area contributed by atoms with Crippen molar-refractivity contribution in [3.8, 4) is 5.75 Å². The maximum absolute atomic E-state index is 11.8. The zero-order chi connectivity index (χ0) is 14.6. The molecule has 19 heavy (non-hydrogen) atoms. The van der Waals surface area contributed by atoms with E-state index in [1.165, 1.54) is 20.1 Å². The summed E-state index contributed by atoms with van der Waals surface area (Å²) in [5, 5.41) is 2.01. The first-order chi connectivity index (χ1) is 8.76. The van der Waals surface area contributed by atoms with Gasteiger partial charge < -0.3 is 10.1 Å². The lowest BCUT2D eigenvalue weighted by molar-refractivity contribution is -0.114. The number of anilines is 2. The second kappa shape index (κ2) is 5.92. The van der Waals surface area contributed by atoms with Crippen LogP contribution in [-0.4, -0.2) is 26.7 Å². The van der Waals surface area contributed by atoms with Crippen LogP contribution in [0.2, 0.25) is 0 Å². The SMILES string of the molecule is COc1ccc(NC(C)=O)cc1NS(=O)(=O)C(C)C. The number of ether oxygens (including phenoxy) is 1. The lowest BCUT2D eigenvalue weighted by Crippen LogP contribution is -2.22. The highest BCUT2D eigenvalue weighted by atomic mass is 32.2. The normalized spacial score (nSPS) is 11.2. The van der Waals surface area contributed by atoms with Crippen LogP contribution in [0.15, 0.2) is 18.2 Å². The van der Waals surface area contributed by atoms with Crippen LogP contribution in [0.4, 0.5) is 11.4 Å². The van der Waals surface area contributed by atoms with Gasteiger partial charge in [0, 0.05) is 12.6 Å². The Morgan fingerprint density at radius 2 is 1.95 bits per heavy atom. The van der Waals surface area contributed by atoms with Gasteiger partial charge in [0.05, 0.1) is 18.0 Å². The summed E-state index contributed by atoms with van der Waals surface area (Å²) in [6, 6.07) is 4.73. The molecular formula is C12H18N2O4S. The summed E-state index contributed by atoms with van der Waals surface area (Å²) in [5.41, 5.74) is 0.789. The van der Waals surface area contributed by atoms with Crippen molar-refractivity contribution in [3.05, 3.63) is 18.2 Å². The third-order valence-electron chi connectivity index (χ3n) is 2.39. The molecule has 7 heteroatoms. The van der Waals surface area contributed by atoms with Crippen LogP contribution in [0.5, 0.6) is 5.75 Å². The van der Waals surface area contributed by atoms with Crippen LogP contribution in [0, 0.1) is 0 Å². The Morgan fingerprint density at radius 1 is 1.32 bits per heavy atom. The predicted molar refractivity (Wildman–Crippen MR) is 75.0 cm³/mol. The van der Waals surface area contributed by atoms with Gasteiger partial charge in [0.2, 0.25) is 15.9 Å². The zero-order valence-corrected chi connectivity index (χ0v) is 12.2. The highest BCUT2D eigenvalue weighted by Gasteiger charge is 2.18. The van der Waals surface area contributed by atoms with E-state index in [1.54, 1.807) is 26.0 Å². The third kappa shape index (κ3) is 4.13. The number of hydrogen-bond acceptors (Lipinski definition) is 4. The van der Waals surface area contributed by atoms with Crippen LogP contribution in [0.3, 0.4) is 0 Å². The van der Waals surface area contributed by atoms with Gasteiger partial charge in [0.15, 0.2) is 0 Å². The Labute approximate surface area is 113 Å². The highest BCUT2D eigenvalue weighted by molar-refractivity contribution is 7.93. The number of carbonyl (C=O) groups is 1. The van der Waals surface area contributed by atoms with Gasteiger partial charge in [0.1, 0.15) is 5.75 Å². The number of rotatable bonds is 5. The molecule has 2 N–H and O–H groups in total. The molecule has 0 spiro atoms. The van der Waals surface area contributed by atoms with Crippen molar-refractivity contribution in [2.45, 2.75) is 26.0 Å². The number of methoxy groups -OCH3 is 1. The topological polar surface area (TPSA) is 84.5 Å². The van der Waals surface area contributed by atoms with Crippen LogP contribution in [0.25, 0.3) is 0 Å². The average Bonchev–Trinajstić information content (AvgIpc) is 2.27. The molecule has 0 atom stereocenters. The summed E-state index contributed by atoms with van der Waals surface area (Å²) in [5.74, 6) is 0.154. The van der Waals surface area contributed by atoms with E-state index in [4.69, 9.17) is 4.74 Å². The van der Waals surface area contributed by atoms with Crippen molar-refractivity contribution in [2.24, 2.45) is 0 Å². The fourth-order valence-electron chi connectivity index (χ4n) is 1.34. The second-order valence-electron chi connectivity index (χ2n) is 4.29. The Bertz CT molecular complexity index is 567. The van der Waals surface area contributed by atoms with Gasteiger partial charge in [-0.25, -0.2) is 8.42 Å². The summed E-state index contributed by atoms with van der Waals surface area (Å²) >= 11 is 0. The summed E-state index contributed by atoms with van der Waals surface area (Å²) in [7, 11) is -2.03. The van der Waals surface area contributed by atoms with Gasteiger partial charge in [-0.1, -0.05) is 0 Å². The first-order valence-electron chi connectivity index (χ1n) is 5.73. The van der Waals surface area contributed by atoms with E-state index < -0.39 is 15.3 Å². The van der Waals surface area contributed by atoms with E-state index in [9.17, 15) is 13.2 Å². The molecule has 1 amide bonds. The summed E-state index contributed by atoms with van der Waals surface area (Å²) < 4.78 is 31.2. The lowest BCUT2D eigenvalue weighted by atomic mass is 10.2. The van der Waals surface area contributed by atoms with Crippen molar-refractivity contribution < 1.29 is 17.9 Å². The molecule has 0 unspecified atom stereocenters. The molecule has 0 aromatic heterocycles. The standard InChI is InChI=1S/C12H18N2O4S/c1-8(2)19(16,17)14-11-7-10(13-9(3)15)5-6-12(11)18-4/h5-8,14H,1-4H3,(H,13,15). The quantitative estimate of drug-likeness (QED) is 0.864. The van der Waals surface area contributed by atoms with Crippen LogP contribution < -0.4 is 14.8 Å². The van der Waals surface area contributed by atoms with Gasteiger partial charge in [-0.2, -0.15) is 0 Å². The number of hydrogen-bond donors (Lipinski definition) is 2. The Balaban J connectivity index is 3.13. The molecular weight excluding hydrogens is 268 g/mol. The van der Waals surface area contributed by atoms with E-state index in [1.807, 2.05) is 0 Å². The first-order valence-corrected chi connectivity index (χ1v) is 7.28. The highest BCUT2D eigenvalue weighted by Crippen LogP contribution is 2.29. The predicted octanol–water partition coefficient (Wildman–Crippen LogP) is 1.80. The summed E-state index contributed by atoms with van der Waals surface area (Å²) in [4.78, 5) is 11.0. The smallest absolute Gasteiger partial charge is 0.235 e. The molecule has 1 rings (SSSR count). The summed E-state index contributed by atoms with van der Waals surface area (Å²) in [6.07, 6.45) is 0. The Hall–Kier alpha value is -1.76. The molecule has 0 aliphatic rings. The fourth-order valence-corrected chi connectivity index (χ4v) is 2.04. The van der Waals surface area contributed by atoms with Gasteiger partial charge in [0.25, 0.3) is 0 Å². The van der Waals surface area contributed by atoms with Gasteiger partial charge >= 0.3 is 0 Å². The maximum Gasteiger partial charge on any atom is 0.235 e.